The normalized spacial score (nSPS) is 29.3. The van der Waals surface area contributed by atoms with Gasteiger partial charge in [0.15, 0.2) is 6.10 Å². The lowest BCUT2D eigenvalue weighted by Crippen LogP contribution is -2.50. The molecule has 0 saturated carbocycles. The lowest BCUT2D eigenvalue weighted by molar-refractivity contribution is -0.159. The van der Waals surface area contributed by atoms with Crippen molar-refractivity contribution in [3.05, 3.63) is 35.9 Å². The molecule has 0 spiro atoms. The van der Waals surface area contributed by atoms with E-state index in [2.05, 4.69) is 37.3 Å². The smallest absolute Gasteiger partial charge is 0.254 e. The van der Waals surface area contributed by atoms with Crippen LogP contribution in [0.5, 0.6) is 0 Å². The second kappa shape index (κ2) is 7.25. The Morgan fingerprint density at radius 3 is 2.77 bits per heavy atom. The number of likely N-dealkylation sites (tertiary alicyclic amines) is 1. The Balaban J connectivity index is 1.65. The minimum Gasteiger partial charge on any atom is -0.376 e. The Labute approximate surface area is 132 Å². The molecule has 0 bridgehead atoms. The van der Waals surface area contributed by atoms with Gasteiger partial charge in [0.1, 0.15) is 0 Å². The highest BCUT2D eigenvalue weighted by molar-refractivity contribution is 5.81. The summed E-state index contributed by atoms with van der Waals surface area (Å²) in [5.74, 6) is 1.17. The van der Waals surface area contributed by atoms with Crippen molar-refractivity contribution in [3.63, 3.8) is 0 Å². The van der Waals surface area contributed by atoms with Gasteiger partial charge in [0, 0.05) is 13.1 Å². The number of benzene rings is 1. The summed E-state index contributed by atoms with van der Waals surface area (Å²) in [5.41, 5.74) is 1.40. The average Bonchev–Trinajstić information content (AvgIpc) is 2.62. The van der Waals surface area contributed by atoms with Crippen molar-refractivity contribution in [1.82, 2.24) is 4.90 Å². The van der Waals surface area contributed by atoms with Gasteiger partial charge in [-0.15, -0.1) is 0 Å². The zero-order valence-corrected chi connectivity index (χ0v) is 13.2. The van der Waals surface area contributed by atoms with Crippen LogP contribution in [0.2, 0.25) is 0 Å². The van der Waals surface area contributed by atoms with Crippen molar-refractivity contribution in [2.24, 2.45) is 5.92 Å². The molecule has 2 fully saturated rings. The summed E-state index contributed by atoms with van der Waals surface area (Å²) in [5, 5.41) is 0. The van der Waals surface area contributed by atoms with Gasteiger partial charge in [0.25, 0.3) is 5.91 Å². The first kappa shape index (κ1) is 15.5. The molecule has 0 aliphatic carbocycles. The van der Waals surface area contributed by atoms with E-state index in [9.17, 15) is 4.79 Å². The van der Waals surface area contributed by atoms with Gasteiger partial charge in [-0.2, -0.15) is 0 Å². The summed E-state index contributed by atoms with van der Waals surface area (Å²) in [6.07, 6.45) is 1.72. The SMILES string of the molecule is CC[C@@H]1CN(C(=O)[C@@H]2COCCO2)CC[C@@H]1c1ccccc1. The molecule has 1 aromatic carbocycles. The Kier molecular flexibility index (Phi) is 5.11. The number of hydrogen-bond donors (Lipinski definition) is 0. The first-order chi connectivity index (χ1) is 10.8. The molecule has 2 aliphatic heterocycles. The standard InChI is InChI=1S/C18H25NO3/c1-2-14-12-19(18(20)17-13-21-10-11-22-17)9-8-16(14)15-6-4-3-5-7-15/h3-7,14,16-17H,2,8-13H2,1H3/t14-,16+,17+/m1/s1. The molecule has 3 rings (SSSR count). The van der Waals surface area contributed by atoms with E-state index in [-0.39, 0.29) is 5.91 Å². The highest BCUT2D eigenvalue weighted by atomic mass is 16.6. The number of carbonyl (C=O) groups is 1. The summed E-state index contributed by atoms with van der Waals surface area (Å²) >= 11 is 0. The summed E-state index contributed by atoms with van der Waals surface area (Å²) in [7, 11) is 0. The van der Waals surface area contributed by atoms with E-state index in [0.717, 1.165) is 25.9 Å². The predicted octanol–water partition coefficient (Wildman–Crippen LogP) is 2.44. The van der Waals surface area contributed by atoms with Gasteiger partial charge in [0.2, 0.25) is 0 Å². The van der Waals surface area contributed by atoms with Crippen LogP contribution in [0.25, 0.3) is 0 Å². The average molecular weight is 303 g/mol. The van der Waals surface area contributed by atoms with Crippen LogP contribution in [0.3, 0.4) is 0 Å². The zero-order chi connectivity index (χ0) is 15.4. The predicted molar refractivity (Wildman–Crippen MR) is 84.7 cm³/mol. The Bertz CT molecular complexity index is 484. The third-order valence-corrected chi connectivity index (χ3v) is 4.89. The first-order valence-corrected chi connectivity index (χ1v) is 8.32. The maximum absolute atomic E-state index is 12.6. The molecule has 1 amide bonds. The van der Waals surface area contributed by atoms with E-state index >= 15 is 0 Å². The quantitative estimate of drug-likeness (QED) is 0.861. The Morgan fingerprint density at radius 1 is 1.27 bits per heavy atom. The molecular formula is C18H25NO3. The first-order valence-electron chi connectivity index (χ1n) is 8.32. The number of nitrogens with zero attached hydrogens (tertiary/aromatic N) is 1. The van der Waals surface area contributed by atoms with Crippen molar-refractivity contribution < 1.29 is 14.3 Å². The van der Waals surface area contributed by atoms with E-state index in [1.165, 1.54) is 5.56 Å². The molecule has 120 valence electrons. The van der Waals surface area contributed by atoms with Crippen molar-refractivity contribution >= 4 is 5.91 Å². The Hall–Kier alpha value is -1.39. The maximum Gasteiger partial charge on any atom is 0.254 e. The molecule has 22 heavy (non-hydrogen) atoms. The highest BCUT2D eigenvalue weighted by Gasteiger charge is 2.34. The largest absolute Gasteiger partial charge is 0.376 e. The molecule has 0 radical (unpaired) electrons. The van der Waals surface area contributed by atoms with E-state index in [0.29, 0.717) is 31.7 Å². The van der Waals surface area contributed by atoms with E-state index < -0.39 is 6.10 Å². The van der Waals surface area contributed by atoms with Crippen molar-refractivity contribution in [1.29, 1.82) is 0 Å². The van der Waals surface area contributed by atoms with Crippen LogP contribution in [-0.4, -0.2) is 49.8 Å². The van der Waals surface area contributed by atoms with Crippen molar-refractivity contribution in [2.45, 2.75) is 31.8 Å². The van der Waals surface area contributed by atoms with Crippen LogP contribution in [0.15, 0.2) is 30.3 Å². The number of ether oxygens (including phenoxy) is 2. The maximum atomic E-state index is 12.6. The van der Waals surface area contributed by atoms with E-state index in [1.807, 2.05) is 4.90 Å². The lowest BCUT2D eigenvalue weighted by atomic mass is 9.79. The second-order valence-electron chi connectivity index (χ2n) is 6.19. The fourth-order valence-electron chi connectivity index (χ4n) is 3.62. The molecule has 1 aromatic rings. The topological polar surface area (TPSA) is 38.8 Å². The number of rotatable bonds is 3. The number of carbonyl (C=O) groups excluding carboxylic acids is 1. The van der Waals surface area contributed by atoms with Crippen LogP contribution in [0.1, 0.15) is 31.2 Å². The molecular weight excluding hydrogens is 278 g/mol. The summed E-state index contributed by atoms with van der Waals surface area (Å²) in [6, 6.07) is 10.7. The molecule has 3 atom stereocenters. The Morgan fingerprint density at radius 2 is 2.09 bits per heavy atom. The van der Waals surface area contributed by atoms with Crippen LogP contribution in [-0.2, 0) is 14.3 Å². The number of amides is 1. The fourth-order valence-corrected chi connectivity index (χ4v) is 3.62. The molecule has 2 heterocycles. The van der Waals surface area contributed by atoms with Gasteiger partial charge in [-0.3, -0.25) is 4.79 Å². The monoisotopic (exact) mass is 303 g/mol. The van der Waals surface area contributed by atoms with E-state index in [4.69, 9.17) is 9.47 Å². The molecule has 0 unspecified atom stereocenters. The third-order valence-electron chi connectivity index (χ3n) is 4.89. The van der Waals surface area contributed by atoms with Gasteiger partial charge in [-0.25, -0.2) is 0 Å². The van der Waals surface area contributed by atoms with Crippen LogP contribution in [0, 0.1) is 5.92 Å². The van der Waals surface area contributed by atoms with Gasteiger partial charge < -0.3 is 14.4 Å². The van der Waals surface area contributed by atoms with Gasteiger partial charge >= 0.3 is 0 Å². The minimum absolute atomic E-state index is 0.102. The highest BCUT2D eigenvalue weighted by Crippen LogP contribution is 2.35. The number of hydrogen-bond acceptors (Lipinski definition) is 3. The van der Waals surface area contributed by atoms with Gasteiger partial charge in [-0.05, 0) is 23.8 Å². The van der Waals surface area contributed by atoms with E-state index in [1.54, 1.807) is 0 Å². The van der Waals surface area contributed by atoms with Crippen LogP contribution < -0.4 is 0 Å². The molecule has 0 aromatic heterocycles. The molecule has 4 heteroatoms. The summed E-state index contributed by atoms with van der Waals surface area (Å²) in [6.45, 7) is 5.37. The van der Waals surface area contributed by atoms with Gasteiger partial charge in [0.05, 0.1) is 19.8 Å². The minimum atomic E-state index is -0.403. The molecule has 2 saturated heterocycles. The lowest BCUT2D eigenvalue weighted by Gasteiger charge is -2.40. The summed E-state index contributed by atoms with van der Waals surface area (Å²) in [4.78, 5) is 14.6. The van der Waals surface area contributed by atoms with Crippen molar-refractivity contribution in [2.75, 3.05) is 32.9 Å². The summed E-state index contributed by atoms with van der Waals surface area (Å²) < 4.78 is 10.9. The molecule has 4 nitrogen and oxygen atoms in total. The second-order valence-corrected chi connectivity index (χ2v) is 6.19. The third kappa shape index (κ3) is 3.33. The molecule has 2 aliphatic rings. The van der Waals surface area contributed by atoms with Crippen LogP contribution >= 0.6 is 0 Å². The number of piperidine rings is 1. The zero-order valence-electron chi connectivity index (χ0n) is 13.2. The van der Waals surface area contributed by atoms with Crippen LogP contribution in [0.4, 0.5) is 0 Å². The van der Waals surface area contributed by atoms with Gasteiger partial charge in [-0.1, -0.05) is 43.7 Å². The van der Waals surface area contributed by atoms with Crippen molar-refractivity contribution in [3.8, 4) is 0 Å². The fraction of sp³-hybridized carbons (Fsp3) is 0.611. The molecule has 0 N–H and O–H groups in total.